The SMILES string of the molecule is CN(Cc1ccc(Cl)s1)c1nc2c(s1)C(O)CCC2. The molecule has 0 radical (unpaired) electrons. The predicted octanol–water partition coefficient (Wildman–Crippen LogP) is 3.86. The summed E-state index contributed by atoms with van der Waals surface area (Å²) in [5.41, 5.74) is 1.08. The summed E-state index contributed by atoms with van der Waals surface area (Å²) in [7, 11) is 2.03. The molecule has 2 aromatic rings. The van der Waals surface area contributed by atoms with E-state index in [1.165, 1.54) is 4.88 Å². The van der Waals surface area contributed by atoms with Gasteiger partial charge in [-0.05, 0) is 31.4 Å². The van der Waals surface area contributed by atoms with Crippen LogP contribution in [0.15, 0.2) is 12.1 Å². The Kier molecular flexibility index (Phi) is 3.80. The van der Waals surface area contributed by atoms with Gasteiger partial charge in [-0.3, -0.25) is 0 Å². The van der Waals surface area contributed by atoms with Gasteiger partial charge in [0.1, 0.15) is 0 Å². The predicted molar refractivity (Wildman–Crippen MR) is 81.4 cm³/mol. The van der Waals surface area contributed by atoms with E-state index in [1.54, 1.807) is 22.7 Å². The van der Waals surface area contributed by atoms with Gasteiger partial charge in [0.05, 0.1) is 27.6 Å². The van der Waals surface area contributed by atoms with Gasteiger partial charge in [0.25, 0.3) is 0 Å². The first-order chi connectivity index (χ1) is 9.13. The van der Waals surface area contributed by atoms with Gasteiger partial charge < -0.3 is 10.0 Å². The average Bonchev–Trinajstić information content (AvgIpc) is 2.96. The van der Waals surface area contributed by atoms with Crippen molar-refractivity contribution in [2.45, 2.75) is 31.9 Å². The smallest absolute Gasteiger partial charge is 0.185 e. The first-order valence-corrected chi connectivity index (χ1v) is 8.27. The summed E-state index contributed by atoms with van der Waals surface area (Å²) >= 11 is 9.16. The van der Waals surface area contributed by atoms with Crippen molar-refractivity contribution in [1.82, 2.24) is 4.98 Å². The quantitative estimate of drug-likeness (QED) is 0.934. The molecule has 1 aliphatic carbocycles. The van der Waals surface area contributed by atoms with E-state index < -0.39 is 0 Å². The second kappa shape index (κ2) is 5.40. The second-order valence-electron chi connectivity index (χ2n) is 4.78. The van der Waals surface area contributed by atoms with Crippen LogP contribution in [0.5, 0.6) is 0 Å². The first-order valence-electron chi connectivity index (χ1n) is 6.26. The maximum Gasteiger partial charge on any atom is 0.185 e. The number of aliphatic hydroxyl groups is 1. The molecule has 3 nitrogen and oxygen atoms in total. The van der Waals surface area contributed by atoms with E-state index in [0.29, 0.717) is 0 Å². The molecule has 0 aromatic carbocycles. The van der Waals surface area contributed by atoms with Gasteiger partial charge in [-0.1, -0.05) is 22.9 Å². The molecule has 0 amide bonds. The molecule has 1 atom stereocenters. The van der Waals surface area contributed by atoms with Crippen LogP contribution in [0.3, 0.4) is 0 Å². The van der Waals surface area contributed by atoms with Gasteiger partial charge in [0, 0.05) is 11.9 Å². The largest absolute Gasteiger partial charge is 0.388 e. The van der Waals surface area contributed by atoms with Gasteiger partial charge in [0.15, 0.2) is 5.13 Å². The molecular weight excluding hydrogens is 300 g/mol. The fourth-order valence-corrected chi connectivity index (χ4v) is 4.52. The number of halogens is 1. The van der Waals surface area contributed by atoms with E-state index in [4.69, 9.17) is 11.6 Å². The molecule has 6 heteroatoms. The van der Waals surface area contributed by atoms with E-state index >= 15 is 0 Å². The molecule has 1 N–H and O–H groups in total. The van der Waals surface area contributed by atoms with Crippen LogP contribution in [-0.2, 0) is 13.0 Å². The maximum absolute atomic E-state index is 9.99. The standard InChI is InChI=1S/C13H15ClN2OS2/c1-16(7-8-5-6-11(14)18-8)13-15-9-3-2-4-10(17)12(9)19-13/h5-6,10,17H,2-4,7H2,1H3. The Balaban J connectivity index is 1.78. The third-order valence-electron chi connectivity index (χ3n) is 3.26. The van der Waals surface area contributed by atoms with Crippen molar-refractivity contribution in [3.8, 4) is 0 Å². The van der Waals surface area contributed by atoms with Crippen molar-refractivity contribution >= 4 is 39.4 Å². The number of aryl methyl sites for hydroxylation is 1. The van der Waals surface area contributed by atoms with E-state index in [0.717, 1.165) is 45.8 Å². The number of fused-ring (bicyclic) bond motifs is 1. The normalized spacial score (nSPS) is 18.4. The Labute approximate surface area is 125 Å². The number of nitrogens with zero attached hydrogens (tertiary/aromatic N) is 2. The topological polar surface area (TPSA) is 36.4 Å². The highest BCUT2D eigenvalue weighted by Gasteiger charge is 2.23. The van der Waals surface area contributed by atoms with Crippen LogP contribution in [-0.4, -0.2) is 17.1 Å². The van der Waals surface area contributed by atoms with E-state index in [9.17, 15) is 5.11 Å². The highest BCUT2D eigenvalue weighted by Crippen LogP contribution is 2.37. The third kappa shape index (κ3) is 2.79. The highest BCUT2D eigenvalue weighted by molar-refractivity contribution is 7.16. The van der Waals surface area contributed by atoms with Crippen molar-refractivity contribution in [2.75, 3.05) is 11.9 Å². The number of aliphatic hydroxyl groups excluding tert-OH is 1. The van der Waals surface area contributed by atoms with Crippen LogP contribution in [0, 0.1) is 0 Å². The van der Waals surface area contributed by atoms with Crippen LogP contribution >= 0.6 is 34.3 Å². The summed E-state index contributed by atoms with van der Waals surface area (Å²) in [4.78, 5) is 9.06. The summed E-state index contributed by atoms with van der Waals surface area (Å²) in [5.74, 6) is 0. The fraction of sp³-hybridized carbons (Fsp3) is 0.462. The lowest BCUT2D eigenvalue weighted by Gasteiger charge is -2.14. The minimum absolute atomic E-state index is 0.320. The van der Waals surface area contributed by atoms with Crippen LogP contribution in [0.2, 0.25) is 4.34 Å². The number of thiazole rings is 1. The van der Waals surface area contributed by atoms with Crippen LogP contribution in [0.1, 0.15) is 34.4 Å². The van der Waals surface area contributed by atoms with Crippen molar-refractivity contribution in [3.63, 3.8) is 0 Å². The van der Waals surface area contributed by atoms with Crippen LogP contribution in [0.4, 0.5) is 5.13 Å². The summed E-state index contributed by atoms with van der Waals surface area (Å²) in [5, 5.41) is 11.0. The van der Waals surface area contributed by atoms with Crippen molar-refractivity contribution in [3.05, 3.63) is 31.9 Å². The Morgan fingerprint density at radius 1 is 1.47 bits per heavy atom. The molecule has 0 aliphatic heterocycles. The molecule has 0 bridgehead atoms. The minimum atomic E-state index is -0.320. The van der Waals surface area contributed by atoms with Gasteiger partial charge in [0.2, 0.25) is 0 Å². The van der Waals surface area contributed by atoms with Crippen LogP contribution in [0.25, 0.3) is 0 Å². The second-order valence-corrected chi connectivity index (χ2v) is 7.59. The molecule has 0 fully saturated rings. The molecule has 1 aliphatic rings. The zero-order chi connectivity index (χ0) is 13.4. The number of anilines is 1. The summed E-state index contributed by atoms with van der Waals surface area (Å²) in [6.07, 6.45) is 2.56. The zero-order valence-electron chi connectivity index (χ0n) is 10.6. The molecule has 2 heterocycles. The lowest BCUT2D eigenvalue weighted by Crippen LogP contribution is -2.15. The number of rotatable bonds is 3. The fourth-order valence-electron chi connectivity index (χ4n) is 2.29. The van der Waals surface area contributed by atoms with Crippen molar-refractivity contribution < 1.29 is 5.11 Å². The molecule has 1 unspecified atom stereocenters. The number of hydrogen-bond donors (Lipinski definition) is 1. The lowest BCUT2D eigenvalue weighted by molar-refractivity contribution is 0.160. The minimum Gasteiger partial charge on any atom is -0.388 e. The first kappa shape index (κ1) is 13.4. The Hall–Kier alpha value is -0.620. The summed E-state index contributed by atoms with van der Waals surface area (Å²) in [6, 6.07) is 3.97. The Morgan fingerprint density at radius 3 is 3.00 bits per heavy atom. The highest BCUT2D eigenvalue weighted by atomic mass is 35.5. The Bertz CT molecular complexity index is 581. The number of thiophene rings is 1. The molecule has 0 saturated heterocycles. The van der Waals surface area contributed by atoms with Gasteiger partial charge in [-0.25, -0.2) is 4.98 Å². The summed E-state index contributed by atoms with van der Waals surface area (Å²) in [6.45, 7) is 0.805. The summed E-state index contributed by atoms with van der Waals surface area (Å²) < 4.78 is 0.817. The van der Waals surface area contributed by atoms with Crippen molar-refractivity contribution in [1.29, 1.82) is 0 Å². The molecule has 0 saturated carbocycles. The van der Waals surface area contributed by atoms with Crippen LogP contribution < -0.4 is 4.90 Å². The molecule has 2 aromatic heterocycles. The van der Waals surface area contributed by atoms with E-state index in [1.807, 2.05) is 19.2 Å². The number of hydrogen-bond acceptors (Lipinski definition) is 5. The zero-order valence-corrected chi connectivity index (χ0v) is 13.0. The van der Waals surface area contributed by atoms with E-state index in [-0.39, 0.29) is 6.10 Å². The lowest BCUT2D eigenvalue weighted by atomic mass is 10.0. The third-order valence-corrected chi connectivity index (χ3v) is 5.79. The monoisotopic (exact) mass is 314 g/mol. The van der Waals surface area contributed by atoms with Gasteiger partial charge >= 0.3 is 0 Å². The Morgan fingerprint density at radius 2 is 2.32 bits per heavy atom. The molecule has 3 rings (SSSR count). The maximum atomic E-state index is 9.99. The van der Waals surface area contributed by atoms with Gasteiger partial charge in [-0.2, -0.15) is 0 Å². The van der Waals surface area contributed by atoms with Gasteiger partial charge in [-0.15, -0.1) is 11.3 Å². The molecule has 102 valence electrons. The molecular formula is C13H15ClN2OS2. The van der Waals surface area contributed by atoms with E-state index in [2.05, 4.69) is 9.88 Å². The number of aromatic nitrogens is 1. The molecule has 0 spiro atoms. The van der Waals surface area contributed by atoms with Crippen molar-refractivity contribution in [2.24, 2.45) is 0 Å². The average molecular weight is 315 g/mol. The molecule has 19 heavy (non-hydrogen) atoms.